The van der Waals surface area contributed by atoms with Crippen LogP contribution in [0.5, 0.6) is 0 Å². The SMILES string of the molecule is NC(=O)O[C@@H](CC(=O)N1CCn2c(cnc2C(F)(F)F)C1)Cc1cc(F)c(F)cc1F. The first-order valence-electron chi connectivity index (χ1n) is 8.94. The van der Waals surface area contributed by atoms with Gasteiger partial charge >= 0.3 is 12.3 Å². The van der Waals surface area contributed by atoms with Gasteiger partial charge in [0.05, 0.1) is 24.9 Å². The summed E-state index contributed by atoms with van der Waals surface area (Å²) in [5.74, 6) is -5.53. The molecule has 1 aromatic heterocycles. The van der Waals surface area contributed by atoms with Gasteiger partial charge in [0.1, 0.15) is 11.9 Å². The number of aromatic nitrogens is 2. The van der Waals surface area contributed by atoms with Crippen LogP contribution in [0.3, 0.4) is 0 Å². The van der Waals surface area contributed by atoms with Gasteiger partial charge in [-0.1, -0.05) is 0 Å². The number of carbonyl (C=O) groups is 2. The number of rotatable bonds is 5. The Kier molecular flexibility index (Phi) is 6.13. The largest absolute Gasteiger partial charge is 0.449 e. The van der Waals surface area contributed by atoms with E-state index in [-0.39, 0.29) is 30.9 Å². The van der Waals surface area contributed by atoms with E-state index in [0.29, 0.717) is 12.1 Å². The average molecular weight is 450 g/mol. The molecule has 13 heteroatoms. The van der Waals surface area contributed by atoms with Gasteiger partial charge in [-0.3, -0.25) is 4.79 Å². The van der Waals surface area contributed by atoms with Crippen LogP contribution in [-0.2, 0) is 35.2 Å². The van der Waals surface area contributed by atoms with Gasteiger partial charge in [-0.25, -0.2) is 22.9 Å². The molecule has 2 heterocycles. The first-order chi connectivity index (χ1) is 14.5. The van der Waals surface area contributed by atoms with E-state index in [2.05, 4.69) is 4.98 Å². The fourth-order valence-corrected chi connectivity index (χ4v) is 3.33. The Balaban J connectivity index is 1.72. The predicted octanol–water partition coefficient (Wildman–Crippen LogP) is 2.76. The zero-order chi connectivity index (χ0) is 22.9. The first-order valence-corrected chi connectivity index (χ1v) is 8.94. The zero-order valence-corrected chi connectivity index (χ0v) is 15.8. The number of halogens is 6. The van der Waals surface area contributed by atoms with Gasteiger partial charge in [-0.15, -0.1) is 0 Å². The lowest BCUT2D eigenvalue weighted by atomic mass is 10.0. The fraction of sp³-hybridized carbons (Fsp3) is 0.389. The molecule has 168 valence electrons. The maximum atomic E-state index is 13.9. The molecule has 3 rings (SSSR count). The molecular formula is C18H16F6N4O3. The number of hydrogen-bond donors (Lipinski definition) is 1. The highest BCUT2D eigenvalue weighted by atomic mass is 19.4. The number of carbonyl (C=O) groups excluding carboxylic acids is 2. The van der Waals surface area contributed by atoms with E-state index >= 15 is 0 Å². The van der Waals surface area contributed by atoms with E-state index in [1.165, 1.54) is 4.90 Å². The molecule has 0 radical (unpaired) electrons. The predicted molar refractivity (Wildman–Crippen MR) is 91.7 cm³/mol. The fourth-order valence-electron chi connectivity index (χ4n) is 3.33. The summed E-state index contributed by atoms with van der Waals surface area (Å²) in [5, 5.41) is 0. The van der Waals surface area contributed by atoms with Crippen LogP contribution >= 0.6 is 0 Å². The molecule has 0 fully saturated rings. The van der Waals surface area contributed by atoms with Crippen LogP contribution in [0.2, 0.25) is 0 Å². The summed E-state index contributed by atoms with van der Waals surface area (Å²) in [6.07, 6.45) is -7.17. The van der Waals surface area contributed by atoms with Crippen LogP contribution in [-0.4, -0.2) is 39.1 Å². The number of nitrogens with two attached hydrogens (primary N) is 1. The van der Waals surface area contributed by atoms with Crippen LogP contribution in [0.25, 0.3) is 0 Å². The van der Waals surface area contributed by atoms with Gasteiger partial charge in [0.2, 0.25) is 11.7 Å². The summed E-state index contributed by atoms with van der Waals surface area (Å²) in [4.78, 5) is 28.3. The molecule has 1 aliphatic rings. The molecule has 0 bridgehead atoms. The molecular weight excluding hydrogens is 434 g/mol. The van der Waals surface area contributed by atoms with E-state index in [0.717, 1.165) is 10.8 Å². The van der Waals surface area contributed by atoms with Crippen molar-refractivity contribution in [2.24, 2.45) is 5.73 Å². The molecule has 2 N–H and O–H groups in total. The van der Waals surface area contributed by atoms with Crippen molar-refractivity contribution in [1.82, 2.24) is 14.5 Å². The highest BCUT2D eigenvalue weighted by Gasteiger charge is 2.39. The summed E-state index contributed by atoms with van der Waals surface area (Å²) < 4.78 is 85.0. The highest BCUT2D eigenvalue weighted by molar-refractivity contribution is 5.77. The van der Waals surface area contributed by atoms with Crippen molar-refractivity contribution in [1.29, 1.82) is 0 Å². The topological polar surface area (TPSA) is 90.5 Å². The van der Waals surface area contributed by atoms with Crippen molar-refractivity contribution >= 4 is 12.0 Å². The molecule has 1 aliphatic heterocycles. The first kappa shape index (κ1) is 22.4. The minimum absolute atomic E-state index is 0.0753. The van der Waals surface area contributed by atoms with Gasteiger partial charge < -0.3 is 19.9 Å². The highest BCUT2D eigenvalue weighted by Crippen LogP contribution is 2.30. The Hall–Kier alpha value is -3.25. The third kappa shape index (κ3) is 5.09. The number of fused-ring (bicyclic) bond motifs is 1. The van der Waals surface area contributed by atoms with Crippen molar-refractivity contribution < 1.29 is 40.7 Å². The van der Waals surface area contributed by atoms with Crippen molar-refractivity contribution in [3.8, 4) is 0 Å². The van der Waals surface area contributed by atoms with Crippen LogP contribution in [0.4, 0.5) is 31.1 Å². The minimum Gasteiger partial charge on any atom is -0.445 e. The third-order valence-corrected chi connectivity index (χ3v) is 4.71. The van der Waals surface area contributed by atoms with Gasteiger partial charge in [0.25, 0.3) is 0 Å². The Morgan fingerprint density at radius 1 is 1.13 bits per heavy atom. The van der Waals surface area contributed by atoms with Gasteiger partial charge in [-0.05, 0) is 11.6 Å². The lowest BCUT2D eigenvalue weighted by molar-refractivity contribution is -0.148. The van der Waals surface area contributed by atoms with E-state index < -0.39 is 60.4 Å². The Labute approximate surface area is 171 Å². The monoisotopic (exact) mass is 450 g/mol. The third-order valence-electron chi connectivity index (χ3n) is 4.71. The van der Waals surface area contributed by atoms with E-state index in [1.54, 1.807) is 0 Å². The van der Waals surface area contributed by atoms with E-state index in [1.807, 2.05) is 0 Å². The Bertz CT molecular complexity index is 1010. The minimum atomic E-state index is -4.64. The number of nitrogens with zero attached hydrogens (tertiary/aromatic N) is 3. The molecule has 0 saturated heterocycles. The molecule has 31 heavy (non-hydrogen) atoms. The standard InChI is InChI=1S/C18H16F6N4O3/c19-12-6-14(21)13(20)4-9(12)3-11(31-17(25)30)5-15(29)27-1-2-28-10(8-27)7-26-16(28)18(22,23)24/h4,6-7,11H,1-3,5,8H2,(H2,25,30)/t11-/m1/s1. The second-order valence-corrected chi connectivity index (χ2v) is 6.86. The number of primary amides is 1. The Morgan fingerprint density at radius 2 is 1.81 bits per heavy atom. The van der Waals surface area contributed by atoms with Crippen molar-refractivity contribution in [2.75, 3.05) is 6.54 Å². The van der Waals surface area contributed by atoms with Crippen LogP contribution in [0.15, 0.2) is 18.3 Å². The second-order valence-electron chi connectivity index (χ2n) is 6.86. The molecule has 7 nitrogen and oxygen atoms in total. The normalized spacial score (nSPS) is 14.8. The smallest absolute Gasteiger partial charge is 0.445 e. The molecule has 0 unspecified atom stereocenters. The summed E-state index contributed by atoms with van der Waals surface area (Å²) in [6, 6.07) is 0.891. The molecule has 2 amide bonds. The lowest BCUT2D eigenvalue weighted by Gasteiger charge is -2.30. The summed E-state index contributed by atoms with van der Waals surface area (Å²) >= 11 is 0. The number of ether oxygens (including phenoxy) is 1. The molecule has 2 aromatic rings. The second kappa shape index (κ2) is 8.47. The summed E-state index contributed by atoms with van der Waals surface area (Å²) in [7, 11) is 0. The number of imidazole rings is 1. The van der Waals surface area contributed by atoms with Crippen molar-refractivity contribution in [3.05, 3.63) is 52.9 Å². The maximum absolute atomic E-state index is 13.9. The summed E-state index contributed by atoms with van der Waals surface area (Å²) in [5.41, 5.74) is 4.78. The van der Waals surface area contributed by atoms with Gasteiger partial charge in [-0.2, -0.15) is 13.2 Å². The quantitative estimate of drug-likeness (QED) is 0.561. The number of alkyl halides is 3. The number of hydrogen-bond acceptors (Lipinski definition) is 4. The van der Waals surface area contributed by atoms with Crippen LogP contribution in [0, 0.1) is 17.5 Å². The number of benzene rings is 1. The van der Waals surface area contributed by atoms with Crippen molar-refractivity contribution in [3.63, 3.8) is 0 Å². The molecule has 1 atom stereocenters. The van der Waals surface area contributed by atoms with Gasteiger partial charge in [0.15, 0.2) is 11.6 Å². The van der Waals surface area contributed by atoms with Crippen LogP contribution < -0.4 is 5.73 Å². The molecule has 0 saturated carbocycles. The molecule has 0 spiro atoms. The van der Waals surface area contributed by atoms with E-state index in [9.17, 15) is 35.9 Å². The molecule has 1 aromatic carbocycles. The van der Waals surface area contributed by atoms with E-state index in [4.69, 9.17) is 10.5 Å². The zero-order valence-electron chi connectivity index (χ0n) is 15.8. The maximum Gasteiger partial charge on any atom is 0.449 e. The van der Waals surface area contributed by atoms with Crippen molar-refractivity contribution in [2.45, 2.75) is 38.2 Å². The molecule has 0 aliphatic carbocycles. The Morgan fingerprint density at radius 3 is 2.45 bits per heavy atom. The van der Waals surface area contributed by atoms with Gasteiger partial charge in [0, 0.05) is 25.6 Å². The average Bonchev–Trinajstić information content (AvgIpc) is 3.09. The summed E-state index contributed by atoms with van der Waals surface area (Å²) in [6.45, 7) is -0.409. The number of amides is 2. The van der Waals surface area contributed by atoms with Crippen LogP contribution in [0.1, 0.15) is 23.5 Å². The lowest BCUT2D eigenvalue weighted by Crippen LogP contribution is -2.41.